The van der Waals surface area contributed by atoms with Gasteiger partial charge in [0.25, 0.3) is 5.91 Å². The number of rotatable bonds is 6. The van der Waals surface area contributed by atoms with Crippen molar-refractivity contribution in [2.75, 3.05) is 20.4 Å². The average molecular weight is 409 g/mol. The van der Waals surface area contributed by atoms with Crippen molar-refractivity contribution in [1.29, 1.82) is 0 Å². The third kappa shape index (κ3) is 3.80. The molecule has 0 aromatic heterocycles. The number of hydrogen-bond acceptors (Lipinski definition) is 6. The Kier molecular flexibility index (Phi) is 5.07. The lowest BCUT2D eigenvalue weighted by Crippen LogP contribution is -2.48. The summed E-state index contributed by atoms with van der Waals surface area (Å²) in [7, 11) is 1.58. The van der Waals surface area contributed by atoms with Crippen molar-refractivity contribution >= 4 is 17.5 Å². The Morgan fingerprint density at radius 2 is 1.90 bits per heavy atom. The smallest absolute Gasteiger partial charge is 0.275 e. The highest BCUT2D eigenvalue weighted by atomic mass is 16.7. The first-order valence-electron chi connectivity index (χ1n) is 9.59. The largest absolute Gasteiger partial charge is 0.497 e. The van der Waals surface area contributed by atoms with Gasteiger partial charge in [-0.3, -0.25) is 14.6 Å². The van der Waals surface area contributed by atoms with Crippen LogP contribution in [0, 0.1) is 0 Å². The van der Waals surface area contributed by atoms with Gasteiger partial charge in [-0.15, -0.1) is 0 Å². The molecule has 0 atom stereocenters. The van der Waals surface area contributed by atoms with Gasteiger partial charge in [0.05, 0.1) is 7.11 Å². The minimum Gasteiger partial charge on any atom is -0.497 e. The second-order valence-corrected chi connectivity index (χ2v) is 7.54. The van der Waals surface area contributed by atoms with Gasteiger partial charge in [0.1, 0.15) is 23.7 Å². The first kappa shape index (κ1) is 19.8. The molecule has 2 aromatic rings. The minimum atomic E-state index is -0.817. The molecule has 0 spiro atoms. The van der Waals surface area contributed by atoms with Gasteiger partial charge in [0, 0.05) is 12.1 Å². The Labute approximate surface area is 174 Å². The van der Waals surface area contributed by atoms with Crippen LogP contribution in [0.5, 0.6) is 17.2 Å². The van der Waals surface area contributed by atoms with E-state index in [-0.39, 0.29) is 25.2 Å². The van der Waals surface area contributed by atoms with Gasteiger partial charge in [0.2, 0.25) is 12.7 Å². The minimum absolute atomic E-state index is 0.0838. The number of carbonyl (C=O) groups excluding carboxylic acids is 2. The van der Waals surface area contributed by atoms with Crippen LogP contribution in [0.25, 0.3) is 0 Å². The molecule has 2 heterocycles. The lowest BCUT2D eigenvalue weighted by atomic mass is 10.1. The summed E-state index contributed by atoms with van der Waals surface area (Å²) in [6.45, 7) is 4.07. The number of ether oxygens (including phenoxy) is 3. The number of aliphatic imine (C=N–C) groups is 1. The predicted molar refractivity (Wildman–Crippen MR) is 110 cm³/mol. The molecule has 2 aliphatic rings. The molecule has 8 heteroatoms. The van der Waals surface area contributed by atoms with E-state index in [0.29, 0.717) is 35.1 Å². The second kappa shape index (κ2) is 7.70. The van der Waals surface area contributed by atoms with Crippen molar-refractivity contribution in [1.82, 2.24) is 10.2 Å². The van der Waals surface area contributed by atoms with E-state index in [1.54, 1.807) is 31.4 Å². The molecule has 8 nitrogen and oxygen atoms in total. The fourth-order valence-corrected chi connectivity index (χ4v) is 3.41. The predicted octanol–water partition coefficient (Wildman–Crippen LogP) is 2.11. The van der Waals surface area contributed by atoms with Crippen molar-refractivity contribution < 1.29 is 23.8 Å². The van der Waals surface area contributed by atoms with Crippen LogP contribution in [0.1, 0.15) is 25.0 Å². The molecule has 0 bridgehead atoms. The molecule has 0 radical (unpaired) electrons. The van der Waals surface area contributed by atoms with Gasteiger partial charge in [-0.25, -0.2) is 0 Å². The number of hydrogen-bond donors (Lipinski definition) is 1. The van der Waals surface area contributed by atoms with Crippen LogP contribution in [-0.2, 0) is 16.1 Å². The van der Waals surface area contributed by atoms with E-state index >= 15 is 0 Å². The van der Waals surface area contributed by atoms with Crippen molar-refractivity contribution in [3.8, 4) is 17.2 Å². The van der Waals surface area contributed by atoms with Gasteiger partial charge in [-0.2, -0.15) is 0 Å². The van der Waals surface area contributed by atoms with Crippen molar-refractivity contribution in [2.24, 2.45) is 4.99 Å². The highest BCUT2D eigenvalue weighted by Crippen LogP contribution is 2.32. The zero-order chi connectivity index (χ0) is 21.3. The molecular weight excluding hydrogens is 386 g/mol. The Bertz CT molecular complexity index is 1010. The van der Waals surface area contributed by atoms with Crippen LogP contribution in [0.4, 0.5) is 0 Å². The number of carbonyl (C=O) groups is 2. The molecule has 2 amide bonds. The number of nitrogens with one attached hydrogen (secondary N) is 1. The maximum absolute atomic E-state index is 13.0. The standard InChI is InChI=1S/C22H23N3O5/c1-22(2)24-20(15-5-7-16(28-3)8-6-15)21(27)25(22)12-19(26)23-11-14-4-9-17-18(10-14)30-13-29-17/h4-10H,11-13H2,1-3H3,(H,23,26). The van der Waals surface area contributed by atoms with Crippen LogP contribution < -0.4 is 19.5 Å². The molecule has 2 aliphatic heterocycles. The molecule has 30 heavy (non-hydrogen) atoms. The molecule has 156 valence electrons. The zero-order valence-electron chi connectivity index (χ0n) is 17.1. The number of methoxy groups -OCH3 is 1. The summed E-state index contributed by atoms with van der Waals surface area (Å²) in [5.41, 5.74) is 1.10. The van der Waals surface area contributed by atoms with Crippen LogP contribution in [0.3, 0.4) is 0 Å². The third-order valence-electron chi connectivity index (χ3n) is 5.09. The van der Waals surface area contributed by atoms with E-state index in [1.807, 2.05) is 32.0 Å². The molecule has 0 aliphatic carbocycles. The molecule has 0 saturated heterocycles. The SMILES string of the molecule is COc1ccc(C2=NC(C)(C)N(CC(=O)NCc3ccc4c(c3)OCO4)C2=O)cc1. The maximum Gasteiger partial charge on any atom is 0.275 e. The normalized spacial score (nSPS) is 16.4. The van der Waals surface area contributed by atoms with Crippen molar-refractivity contribution in [2.45, 2.75) is 26.1 Å². The Morgan fingerprint density at radius 3 is 2.63 bits per heavy atom. The summed E-state index contributed by atoms with van der Waals surface area (Å²) in [5, 5.41) is 2.85. The molecule has 1 N–H and O–H groups in total. The summed E-state index contributed by atoms with van der Waals surface area (Å²) in [4.78, 5) is 31.5. The van der Waals surface area contributed by atoms with Gasteiger partial charge in [0.15, 0.2) is 11.5 Å². The molecule has 0 saturated carbocycles. The average Bonchev–Trinajstić information content (AvgIpc) is 3.29. The summed E-state index contributed by atoms with van der Waals surface area (Å²) < 4.78 is 15.8. The van der Waals surface area contributed by atoms with Crippen LogP contribution in [0.2, 0.25) is 0 Å². The molecule has 4 rings (SSSR count). The Balaban J connectivity index is 1.40. The van der Waals surface area contributed by atoms with E-state index in [2.05, 4.69) is 10.3 Å². The fraction of sp³-hybridized carbons (Fsp3) is 0.318. The van der Waals surface area contributed by atoms with E-state index in [1.165, 1.54) is 4.90 Å². The van der Waals surface area contributed by atoms with Gasteiger partial charge >= 0.3 is 0 Å². The molecule has 0 fully saturated rings. The van der Waals surface area contributed by atoms with Crippen LogP contribution in [0.15, 0.2) is 47.5 Å². The van der Waals surface area contributed by atoms with E-state index in [9.17, 15) is 9.59 Å². The van der Waals surface area contributed by atoms with Gasteiger partial charge in [-0.1, -0.05) is 6.07 Å². The highest BCUT2D eigenvalue weighted by Gasteiger charge is 2.41. The number of fused-ring (bicyclic) bond motifs is 1. The molecule has 0 unspecified atom stereocenters. The lowest BCUT2D eigenvalue weighted by Gasteiger charge is -2.28. The quantitative estimate of drug-likeness (QED) is 0.789. The highest BCUT2D eigenvalue weighted by molar-refractivity contribution is 6.47. The fourth-order valence-electron chi connectivity index (χ4n) is 3.41. The second-order valence-electron chi connectivity index (χ2n) is 7.54. The Hall–Kier alpha value is -3.55. The summed E-state index contributed by atoms with van der Waals surface area (Å²) in [6, 6.07) is 12.6. The lowest BCUT2D eigenvalue weighted by molar-refractivity contribution is -0.134. The van der Waals surface area contributed by atoms with Crippen LogP contribution >= 0.6 is 0 Å². The first-order chi connectivity index (χ1) is 14.4. The van der Waals surface area contributed by atoms with Gasteiger partial charge < -0.3 is 24.4 Å². The van der Waals surface area contributed by atoms with Crippen LogP contribution in [-0.4, -0.2) is 48.5 Å². The summed E-state index contributed by atoms with van der Waals surface area (Å²) in [5.74, 6) is 1.51. The van der Waals surface area contributed by atoms with E-state index in [0.717, 1.165) is 5.56 Å². The Morgan fingerprint density at radius 1 is 1.17 bits per heavy atom. The number of benzene rings is 2. The van der Waals surface area contributed by atoms with Crippen molar-refractivity contribution in [3.63, 3.8) is 0 Å². The zero-order valence-corrected chi connectivity index (χ0v) is 17.1. The third-order valence-corrected chi connectivity index (χ3v) is 5.09. The number of nitrogens with zero attached hydrogens (tertiary/aromatic N) is 2. The molecular formula is C22H23N3O5. The van der Waals surface area contributed by atoms with Crippen molar-refractivity contribution in [3.05, 3.63) is 53.6 Å². The topological polar surface area (TPSA) is 89.5 Å². The van der Waals surface area contributed by atoms with Gasteiger partial charge in [-0.05, 0) is 55.8 Å². The monoisotopic (exact) mass is 409 g/mol. The van der Waals surface area contributed by atoms with E-state index in [4.69, 9.17) is 14.2 Å². The molecule has 2 aromatic carbocycles. The number of amides is 2. The van der Waals surface area contributed by atoms with E-state index < -0.39 is 5.66 Å². The first-order valence-corrected chi connectivity index (χ1v) is 9.59. The summed E-state index contributed by atoms with van der Waals surface area (Å²) >= 11 is 0. The maximum atomic E-state index is 13.0. The summed E-state index contributed by atoms with van der Waals surface area (Å²) in [6.07, 6.45) is 0.